The third kappa shape index (κ3) is 3.10. The first-order valence-electron chi connectivity index (χ1n) is 8.26. The van der Waals surface area contributed by atoms with E-state index in [-0.39, 0.29) is 12.0 Å². The van der Waals surface area contributed by atoms with Crippen LogP contribution in [-0.2, 0) is 12.8 Å². The molecule has 1 aromatic heterocycles. The molecule has 124 valence electrons. The van der Waals surface area contributed by atoms with Crippen LogP contribution < -0.4 is 15.2 Å². The van der Waals surface area contributed by atoms with Crippen LogP contribution >= 0.6 is 11.3 Å². The van der Waals surface area contributed by atoms with Gasteiger partial charge in [-0.2, -0.15) is 0 Å². The van der Waals surface area contributed by atoms with Crippen molar-refractivity contribution in [3.8, 4) is 11.5 Å². The molecule has 1 aliphatic rings. The Balaban J connectivity index is 2.04. The second-order valence-corrected chi connectivity index (χ2v) is 7.34. The Labute approximate surface area is 142 Å². The van der Waals surface area contributed by atoms with Gasteiger partial charge in [0, 0.05) is 21.7 Å². The number of hydrogen-bond acceptors (Lipinski definition) is 4. The minimum absolute atomic E-state index is 0.161. The molecule has 0 bridgehead atoms. The smallest absolute Gasteiger partial charge is 0.161 e. The summed E-state index contributed by atoms with van der Waals surface area (Å²) in [5, 5.41) is 0. The third-order valence-electron chi connectivity index (χ3n) is 4.64. The molecule has 3 rings (SSSR count). The van der Waals surface area contributed by atoms with Crippen LogP contribution in [0.1, 0.15) is 46.6 Å². The molecule has 0 saturated carbocycles. The lowest BCUT2D eigenvalue weighted by Gasteiger charge is -2.31. The number of methoxy groups -OCH3 is 2. The average molecular weight is 331 g/mol. The van der Waals surface area contributed by atoms with Crippen molar-refractivity contribution in [1.29, 1.82) is 0 Å². The summed E-state index contributed by atoms with van der Waals surface area (Å²) in [6, 6.07) is 8.91. The first-order valence-corrected chi connectivity index (χ1v) is 9.08. The number of aryl methyl sites for hydroxylation is 2. The standard InChI is InChI=1S/C19H25NO2S/c1-4-5-13-7-9-18(23-13)19-14-11-17(22-3)16(21-2)10-12(14)6-8-15(19)20/h7,9-11,15,19H,4-6,8,20H2,1-3H3/t15-,19-/m0/s1. The molecule has 1 aliphatic carbocycles. The van der Waals surface area contributed by atoms with Gasteiger partial charge in [-0.25, -0.2) is 0 Å². The van der Waals surface area contributed by atoms with Crippen molar-refractivity contribution < 1.29 is 9.47 Å². The maximum absolute atomic E-state index is 6.51. The van der Waals surface area contributed by atoms with Gasteiger partial charge in [-0.05, 0) is 54.7 Å². The summed E-state index contributed by atoms with van der Waals surface area (Å²) in [7, 11) is 3.37. The molecule has 23 heavy (non-hydrogen) atoms. The van der Waals surface area contributed by atoms with Gasteiger partial charge in [0.2, 0.25) is 0 Å². The number of fused-ring (bicyclic) bond motifs is 1. The molecule has 2 aromatic rings. The molecule has 4 heteroatoms. The highest BCUT2D eigenvalue weighted by Gasteiger charge is 2.31. The Morgan fingerprint density at radius 1 is 1.17 bits per heavy atom. The van der Waals surface area contributed by atoms with Gasteiger partial charge in [-0.1, -0.05) is 13.3 Å². The number of nitrogens with two attached hydrogens (primary N) is 1. The van der Waals surface area contributed by atoms with Crippen molar-refractivity contribution in [3.63, 3.8) is 0 Å². The lowest BCUT2D eigenvalue weighted by atomic mass is 9.78. The predicted octanol–water partition coefficient (Wildman–Crippen LogP) is 4.12. The molecule has 1 aromatic carbocycles. The molecule has 0 aliphatic heterocycles. The fourth-order valence-corrected chi connectivity index (χ4v) is 4.78. The van der Waals surface area contributed by atoms with E-state index in [9.17, 15) is 0 Å². The van der Waals surface area contributed by atoms with Crippen molar-refractivity contribution in [1.82, 2.24) is 0 Å². The van der Waals surface area contributed by atoms with Crippen LogP contribution in [0.2, 0.25) is 0 Å². The Kier molecular flexibility index (Phi) is 4.93. The molecular formula is C19H25NO2S. The Hall–Kier alpha value is -1.52. The molecule has 3 nitrogen and oxygen atoms in total. The lowest BCUT2D eigenvalue weighted by Crippen LogP contribution is -2.33. The van der Waals surface area contributed by atoms with Crippen LogP contribution in [0.3, 0.4) is 0 Å². The van der Waals surface area contributed by atoms with Gasteiger partial charge < -0.3 is 15.2 Å². The van der Waals surface area contributed by atoms with Crippen LogP contribution in [0.5, 0.6) is 11.5 Å². The normalized spacial score (nSPS) is 20.2. The second kappa shape index (κ2) is 6.93. The zero-order valence-electron chi connectivity index (χ0n) is 14.1. The second-order valence-electron chi connectivity index (χ2n) is 6.14. The largest absolute Gasteiger partial charge is 0.493 e. The fourth-order valence-electron chi connectivity index (χ4n) is 3.47. The number of thiophene rings is 1. The van der Waals surface area contributed by atoms with E-state index in [4.69, 9.17) is 15.2 Å². The van der Waals surface area contributed by atoms with E-state index >= 15 is 0 Å². The molecule has 2 atom stereocenters. The van der Waals surface area contributed by atoms with Crippen molar-refractivity contribution in [2.75, 3.05) is 14.2 Å². The number of hydrogen-bond donors (Lipinski definition) is 1. The van der Waals surface area contributed by atoms with Crippen LogP contribution in [0.4, 0.5) is 0 Å². The van der Waals surface area contributed by atoms with Crippen LogP contribution in [-0.4, -0.2) is 20.3 Å². The molecule has 0 saturated heterocycles. The van der Waals surface area contributed by atoms with E-state index in [0.29, 0.717) is 0 Å². The zero-order chi connectivity index (χ0) is 16.4. The van der Waals surface area contributed by atoms with E-state index in [0.717, 1.165) is 30.8 Å². The monoisotopic (exact) mass is 331 g/mol. The van der Waals surface area contributed by atoms with Gasteiger partial charge in [0.25, 0.3) is 0 Å². The first-order chi connectivity index (χ1) is 11.2. The van der Waals surface area contributed by atoms with E-state index in [2.05, 4.69) is 31.2 Å². The third-order valence-corrected chi connectivity index (χ3v) is 5.87. The molecular weight excluding hydrogens is 306 g/mol. The SMILES string of the molecule is CCCc1ccc([C@H]2c3cc(OC)c(OC)cc3CC[C@@H]2N)s1. The summed E-state index contributed by atoms with van der Waals surface area (Å²) in [5.74, 6) is 1.85. The van der Waals surface area contributed by atoms with Crippen molar-refractivity contribution >= 4 is 11.3 Å². The predicted molar refractivity (Wildman–Crippen MR) is 96.0 cm³/mol. The van der Waals surface area contributed by atoms with E-state index < -0.39 is 0 Å². The van der Waals surface area contributed by atoms with Crippen LogP contribution in [0.15, 0.2) is 24.3 Å². The highest BCUT2D eigenvalue weighted by molar-refractivity contribution is 7.12. The molecule has 1 heterocycles. The first kappa shape index (κ1) is 16.3. The van der Waals surface area contributed by atoms with Gasteiger partial charge in [0.15, 0.2) is 11.5 Å². The fraction of sp³-hybridized carbons (Fsp3) is 0.474. The van der Waals surface area contributed by atoms with Gasteiger partial charge in [-0.3, -0.25) is 0 Å². The van der Waals surface area contributed by atoms with Crippen LogP contribution in [0.25, 0.3) is 0 Å². The van der Waals surface area contributed by atoms with E-state index in [1.165, 1.54) is 27.3 Å². The summed E-state index contributed by atoms with van der Waals surface area (Å²) < 4.78 is 11.0. The highest BCUT2D eigenvalue weighted by Crippen LogP contribution is 2.43. The number of rotatable bonds is 5. The van der Waals surface area contributed by atoms with Gasteiger partial charge in [0.05, 0.1) is 14.2 Å². The summed E-state index contributed by atoms with van der Waals surface area (Å²) in [4.78, 5) is 2.82. The average Bonchev–Trinajstić information content (AvgIpc) is 3.02. The Morgan fingerprint density at radius 2 is 1.91 bits per heavy atom. The zero-order valence-corrected chi connectivity index (χ0v) is 14.9. The lowest BCUT2D eigenvalue weighted by molar-refractivity contribution is 0.352. The minimum Gasteiger partial charge on any atom is -0.493 e. The van der Waals surface area contributed by atoms with Gasteiger partial charge in [-0.15, -0.1) is 11.3 Å². The number of benzene rings is 1. The molecule has 0 spiro atoms. The molecule has 0 radical (unpaired) electrons. The van der Waals surface area contributed by atoms with Crippen LogP contribution in [0, 0.1) is 0 Å². The van der Waals surface area contributed by atoms with Gasteiger partial charge in [0.1, 0.15) is 0 Å². The summed E-state index contributed by atoms with van der Waals surface area (Å²) in [6.07, 6.45) is 4.33. The molecule has 0 fully saturated rings. The minimum atomic E-state index is 0.161. The molecule has 0 unspecified atom stereocenters. The van der Waals surface area contributed by atoms with E-state index in [1.807, 2.05) is 11.3 Å². The Morgan fingerprint density at radius 3 is 2.61 bits per heavy atom. The quantitative estimate of drug-likeness (QED) is 0.896. The maximum atomic E-state index is 6.51. The highest BCUT2D eigenvalue weighted by atomic mass is 32.1. The number of ether oxygens (including phenoxy) is 2. The van der Waals surface area contributed by atoms with E-state index in [1.54, 1.807) is 14.2 Å². The summed E-state index contributed by atoms with van der Waals surface area (Å²) in [5.41, 5.74) is 9.14. The summed E-state index contributed by atoms with van der Waals surface area (Å²) in [6.45, 7) is 2.22. The Bertz CT molecular complexity index is 680. The summed E-state index contributed by atoms with van der Waals surface area (Å²) >= 11 is 1.90. The maximum Gasteiger partial charge on any atom is 0.161 e. The topological polar surface area (TPSA) is 44.5 Å². The van der Waals surface area contributed by atoms with Crippen molar-refractivity contribution in [2.24, 2.45) is 5.73 Å². The van der Waals surface area contributed by atoms with Crippen molar-refractivity contribution in [2.45, 2.75) is 44.6 Å². The van der Waals surface area contributed by atoms with Crippen molar-refractivity contribution in [3.05, 3.63) is 45.1 Å². The molecule has 2 N–H and O–H groups in total. The van der Waals surface area contributed by atoms with Gasteiger partial charge >= 0.3 is 0 Å². The molecule has 0 amide bonds.